The summed E-state index contributed by atoms with van der Waals surface area (Å²) in [6, 6.07) is 14.2. The van der Waals surface area contributed by atoms with Crippen molar-refractivity contribution >= 4 is 17.2 Å². The van der Waals surface area contributed by atoms with Crippen LogP contribution >= 0.6 is 0 Å². The zero-order valence-corrected chi connectivity index (χ0v) is 17.9. The summed E-state index contributed by atoms with van der Waals surface area (Å²) in [7, 11) is 0. The molecular weight excluding hydrogens is 391 g/mol. The van der Waals surface area contributed by atoms with Crippen LogP contribution in [0.1, 0.15) is 53.0 Å². The number of furan rings is 1. The van der Waals surface area contributed by atoms with Crippen molar-refractivity contribution in [3.05, 3.63) is 93.8 Å². The summed E-state index contributed by atoms with van der Waals surface area (Å²) in [5.74, 6) is 1.35. The molecule has 0 fully saturated rings. The van der Waals surface area contributed by atoms with Crippen molar-refractivity contribution < 1.29 is 13.6 Å². The molecule has 2 aliphatic rings. The Bertz CT molecular complexity index is 1210. The summed E-state index contributed by atoms with van der Waals surface area (Å²) in [6.07, 6.45) is 1.06. The number of ketones is 1. The number of carbonyl (C=O) groups is 1. The fourth-order valence-corrected chi connectivity index (χ4v) is 4.61. The topological polar surface area (TPSA) is 54.3 Å². The number of allylic oxidation sites excluding steroid dienone is 1. The molecule has 158 valence electrons. The van der Waals surface area contributed by atoms with Crippen molar-refractivity contribution in [2.75, 3.05) is 10.6 Å². The van der Waals surface area contributed by atoms with Gasteiger partial charge in [-0.1, -0.05) is 12.1 Å². The fraction of sp³-hybridized carbons (Fsp3) is 0.269. The molecule has 0 spiro atoms. The number of nitrogens with one attached hydrogen (secondary N) is 2. The maximum absolute atomic E-state index is 13.5. The van der Waals surface area contributed by atoms with E-state index in [1.807, 2.05) is 19.1 Å². The van der Waals surface area contributed by atoms with Crippen LogP contribution in [-0.4, -0.2) is 5.78 Å². The Morgan fingerprint density at radius 1 is 0.935 bits per heavy atom. The van der Waals surface area contributed by atoms with Crippen LogP contribution in [0.15, 0.2) is 64.2 Å². The molecule has 0 saturated heterocycles. The Labute approximate surface area is 181 Å². The smallest absolute Gasteiger partial charge is 0.163 e. The number of Topliss-reactive ketones (excluding diaryl/α,β-unsaturated/α-hetero) is 1. The van der Waals surface area contributed by atoms with E-state index in [-0.39, 0.29) is 23.6 Å². The van der Waals surface area contributed by atoms with Crippen molar-refractivity contribution in [2.24, 2.45) is 0 Å². The molecular formula is C26H25FN2O2. The van der Waals surface area contributed by atoms with Crippen LogP contribution in [0.4, 0.5) is 15.8 Å². The largest absolute Gasteiger partial charge is 0.464 e. The molecule has 1 aromatic heterocycles. The predicted molar refractivity (Wildman–Crippen MR) is 120 cm³/mol. The Morgan fingerprint density at radius 3 is 2.32 bits per heavy atom. The van der Waals surface area contributed by atoms with Gasteiger partial charge in [-0.2, -0.15) is 0 Å². The van der Waals surface area contributed by atoms with Crippen LogP contribution in [0.2, 0.25) is 0 Å². The molecule has 0 amide bonds. The molecule has 0 unspecified atom stereocenters. The number of benzene rings is 2. The number of anilines is 2. The molecule has 0 bridgehead atoms. The van der Waals surface area contributed by atoms with Gasteiger partial charge in [0.05, 0.1) is 11.4 Å². The van der Waals surface area contributed by atoms with E-state index < -0.39 is 0 Å². The molecule has 2 aromatic carbocycles. The lowest BCUT2D eigenvalue weighted by atomic mass is 9.79. The highest BCUT2D eigenvalue weighted by Crippen LogP contribution is 2.45. The summed E-state index contributed by atoms with van der Waals surface area (Å²) in [5, 5.41) is 7.12. The van der Waals surface area contributed by atoms with Gasteiger partial charge in [-0.15, -0.1) is 0 Å². The molecule has 2 heterocycles. The number of fused-ring (bicyclic) bond motifs is 1. The minimum atomic E-state index is -0.360. The standard InChI is InChI=1S/C26H25FN2O2/c1-14-10-20-21(11-15(14)2)29-26(24-9-4-16(3)31-24)25-22(28-20)12-18(13-23(25)30)17-5-7-19(27)8-6-17/h4-11,18,26,28-29H,12-13H2,1-3H3/t18-,26-/m0/s1. The summed E-state index contributed by atoms with van der Waals surface area (Å²) in [4.78, 5) is 13.5. The lowest BCUT2D eigenvalue weighted by Gasteiger charge is -2.29. The number of aryl methyl sites for hydroxylation is 3. The number of rotatable bonds is 2. The first-order valence-corrected chi connectivity index (χ1v) is 10.6. The molecule has 1 aliphatic heterocycles. The quantitative estimate of drug-likeness (QED) is 0.513. The Morgan fingerprint density at radius 2 is 1.65 bits per heavy atom. The molecule has 5 heteroatoms. The van der Waals surface area contributed by atoms with Crippen molar-refractivity contribution in [3.8, 4) is 0 Å². The predicted octanol–water partition coefficient (Wildman–Crippen LogP) is 6.32. The second kappa shape index (κ2) is 7.41. The zero-order valence-electron chi connectivity index (χ0n) is 17.9. The summed E-state index contributed by atoms with van der Waals surface area (Å²) >= 11 is 0. The number of hydrogen-bond donors (Lipinski definition) is 2. The van der Waals surface area contributed by atoms with E-state index in [1.54, 1.807) is 12.1 Å². The maximum atomic E-state index is 13.5. The Hall–Kier alpha value is -3.34. The second-order valence-electron chi connectivity index (χ2n) is 8.60. The van der Waals surface area contributed by atoms with Crippen molar-refractivity contribution in [1.82, 2.24) is 0 Å². The van der Waals surface area contributed by atoms with Crippen LogP contribution in [0.3, 0.4) is 0 Å². The number of halogens is 1. The molecule has 2 N–H and O–H groups in total. The van der Waals surface area contributed by atoms with Gasteiger partial charge in [0.25, 0.3) is 0 Å². The third-order valence-electron chi connectivity index (χ3n) is 6.40. The molecule has 1 aliphatic carbocycles. The highest BCUT2D eigenvalue weighted by Gasteiger charge is 2.37. The van der Waals surface area contributed by atoms with Gasteiger partial charge in [-0.25, -0.2) is 4.39 Å². The molecule has 31 heavy (non-hydrogen) atoms. The monoisotopic (exact) mass is 416 g/mol. The van der Waals surface area contributed by atoms with Crippen LogP contribution in [0, 0.1) is 26.6 Å². The first kappa shape index (κ1) is 19.6. The van der Waals surface area contributed by atoms with Gasteiger partial charge in [-0.3, -0.25) is 4.79 Å². The van der Waals surface area contributed by atoms with Crippen LogP contribution in [-0.2, 0) is 4.79 Å². The van der Waals surface area contributed by atoms with E-state index >= 15 is 0 Å². The second-order valence-corrected chi connectivity index (χ2v) is 8.60. The molecule has 4 nitrogen and oxygen atoms in total. The first-order chi connectivity index (χ1) is 14.9. The molecule has 0 radical (unpaired) electrons. The van der Waals surface area contributed by atoms with E-state index in [0.29, 0.717) is 12.8 Å². The average Bonchev–Trinajstić information content (AvgIpc) is 3.09. The average molecular weight is 416 g/mol. The maximum Gasteiger partial charge on any atom is 0.163 e. The highest BCUT2D eigenvalue weighted by atomic mass is 19.1. The lowest BCUT2D eigenvalue weighted by molar-refractivity contribution is -0.116. The van der Waals surface area contributed by atoms with Crippen molar-refractivity contribution in [2.45, 2.75) is 45.6 Å². The van der Waals surface area contributed by atoms with Crippen molar-refractivity contribution in [3.63, 3.8) is 0 Å². The van der Waals surface area contributed by atoms with Crippen LogP contribution in [0.25, 0.3) is 0 Å². The normalized spacial score (nSPS) is 20.5. The number of carbonyl (C=O) groups excluding carboxylic acids is 1. The summed E-state index contributed by atoms with van der Waals surface area (Å²) in [5.41, 5.74) is 6.86. The van der Waals surface area contributed by atoms with Crippen LogP contribution in [0.5, 0.6) is 0 Å². The molecule has 3 aromatic rings. The highest BCUT2D eigenvalue weighted by molar-refractivity contribution is 6.01. The van der Waals surface area contributed by atoms with Gasteiger partial charge in [0.1, 0.15) is 23.4 Å². The summed E-state index contributed by atoms with van der Waals surface area (Å²) in [6.45, 7) is 6.07. The van der Waals surface area contributed by atoms with Gasteiger partial charge in [-0.05, 0) is 86.2 Å². The SMILES string of the molecule is Cc1ccc([C@@H]2Nc3cc(C)c(C)cc3NC3=C2C(=O)C[C@@H](c2ccc(F)cc2)C3)o1. The van der Waals surface area contributed by atoms with E-state index in [0.717, 1.165) is 39.7 Å². The van der Waals surface area contributed by atoms with E-state index in [4.69, 9.17) is 4.42 Å². The van der Waals surface area contributed by atoms with Crippen molar-refractivity contribution in [1.29, 1.82) is 0 Å². The van der Waals surface area contributed by atoms with E-state index in [2.05, 4.69) is 36.6 Å². The first-order valence-electron chi connectivity index (χ1n) is 10.6. The minimum Gasteiger partial charge on any atom is -0.464 e. The van der Waals surface area contributed by atoms with Gasteiger partial charge < -0.3 is 15.1 Å². The Kier molecular flexibility index (Phi) is 4.69. The molecule has 0 saturated carbocycles. The third-order valence-corrected chi connectivity index (χ3v) is 6.40. The van der Waals surface area contributed by atoms with Gasteiger partial charge in [0.15, 0.2) is 5.78 Å². The Balaban J connectivity index is 1.62. The van der Waals surface area contributed by atoms with Gasteiger partial charge in [0.2, 0.25) is 0 Å². The third kappa shape index (κ3) is 3.54. The molecule has 2 atom stereocenters. The fourth-order valence-electron chi connectivity index (χ4n) is 4.61. The summed E-state index contributed by atoms with van der Waals surface area (Å²) < 4.78 is 19.4. The van der Waals surface area contributed by atoms with Gasteiger partial charge in [0, 0.05) is 17.7 Å². The minimum absolute atomic E-state index is 0.00596. The van der Waals surface area contributed by atoms with Gasteiger partial charge >= 0.3 is 0 Å². The molecule has 5 rings (SSSR count). The van der Waals surface area contributed by atoms with Crippen LogP contribution < -0.4 is 10.6 Å². The van der Waals surface area contributed by atoms with E-state index in [1.165, 1.54) is 23.3 Å². The lowest BCUT2D eigenvalue weighted by Crippen LogP contribution is -2.26. The zero-order chi connectivity index (χ0) is 21.7. The number of hydrogen-bond acceptors (Lipinski definition) is 4. The van der Waals surface area contributed by atoms with E-state index in [9.17, 15) is 9.18 Å².